The third-order valence-electron chi connectivity index (χ3n) is 3.50. The first-order chi connectivity index (χ1) is 13.6. The number of carbonyl (C=O) groups excluding carboxylic acids is 1. The van der Waals surface area contributed by atoms with Crippen LogP contribution in [-0.2, 0) is 21.0 Å². The van der Waals surface area contributed by atoms with Gasteiger partial charge in [-0.2, -0.15) is 21.6 Å². The highest BCUT2D eigenvalue weighted by atomic mass is 32.2. The van der Waals surface area contributed by atoms with Gasteiger partial charge in [0.1, 0.15) is 10.6 Å². The van der Waals surface area contributed by atoms with E-state index in [2.05, 4.69) is 19.8 Å². The van der Waals surface area contributed by atoms with Gasteiger partial charge in [-0.15, -0.1) is 0 Å². The zero-order valence-electron chi connectivity index (χ0n) is 14.5. The number of ether oxygens (including phenoxy) is 1. The Morgan fingerprint density at radius 1 is 1.21 bits per heavy atom. The van der Waals surface area contributed by atoms with Crippen LogP contribution in [0.25, 0.3) is 0 Å². The van der Waals surface area contributed by atoms with E-state index < -0.39 is 32.8 Å². The molecule has 2 N–H and O–H groups in total. The van der Waals surface area contributed by atoms with E-state index >= 15 is 0 Å². The maximum atomic E-state index is 12.8. The molecule has 1 aliphatic rings. The molecule has 0 saturated carbocycles. The van der Waals surface area contributed by atoms with Crippen LogP contribution < -0.4 is 14.2 Å². The molecule has 0 spiro atoms. The van der Waals surface area contributed by atoms with E-state index in [0.29, 0.717) is 17.4 Å². The highest BCUT2D eigenvalue weighted by Gasteiger charge is 2.32. The van der Waals surface area contributed by atoms with E-state index in [-0.39, 0.29) is 10.9 Å². The Balaban J connectivity index is 1.82. The molecule has 0 aromatic heterocycles. The van der Waals surface area contributed by atoms with Crippen LogP contribution in [0.1, 0.15) is 5.56 Å². The topological polar surface area (TPSA) is 106 Å². The lowest BCUT2D eigenvalue weighted by atomic mass is 10.2. The normalized spacial score (nSPS) is 13.6. The molecule has 1 heterocycles. The van der Waals surface area contributed by atoms with Gasteiger partial charge in [-0.1, -0.05) is 6.07 Å². The van der Waals surface area contributed by atoms with Gasteiger partial charge in [-0.05, 0) is 30.3 Å². The van der Waals surface area contributed by atoms with Crippen molar-refractivity contribution in [2.24, 2.45) is 4.99 Å². The van der Waals surface area contributed by atoms with Gasteiger partial charge in [-0.3, -0.25) is 5.32 Å². The standard InChI is InChI=1S/C16H12F3N3O5S2/c1-26-15(23)21-14-20-12-6-5-10(8-13(12)22-28-14)27-29(24,25)11-4-2-3-9(7-11)16(17,18)19/h2-8,22H,1H3,(H,20,21,23). The molecule has 2 aromatic rings. The lowest BCUT2D eigenvalue weighted by Gasteiger charge is -2.17. The molecule has 3 rings (SSSR count). The number of alkyl carbamates (subject to hydrolysis) is 1. The lowest BCUT2D eigenvalue weighted by Crippen LogP contribution is -2.29. The van der Waals surface area contributed by atoms with E-state index in [1.807, 2.05) is 0 Å². The van der Waals surface area contributed by atoms with Crippen LogP contribution in [0.2, 0.25) is 0 Å². The highest BCUT2D eigenvalue weighted by Crippen LogP contribution is 2.36. The number of hydrogen-bond acceptors (Lipinski definition) is 8. The van der Waals surface area contributed by atoms with Crippen molar-refractivity contribution in [3.05, 3.63) is 48.0 Å². The van der Waals surface area contributed by atoms with E-state index in [9.17, 15) is 26.4 Å². The number of carbonyl (C=O) groups is 1. The third kappa shape index (κ3) is 4.92. The second-order valence-corrected chi connectivity index (χ2v) is 7.82. The molecule has 1 amide bonds. The van der Waals surface area contributed by atoms with Crippen molar-refractivity contribution in [1.82, 2.24) is 5.32 Å². The molecule has 8 nitrogen and oxygen atoms in total. The molecule has 154 valence electrons. The fourth-order valence-corrected chi connectivity index (χ4v) is 3.79. The molecule has 0 bridgehead atoms. The van der Waals surface area contributed by atoms with Crippen LogP contribution in [0.15, 0.2) is 52.4 Å². The number of methoxy groups -OCH3 is 1. The molecule has 0 unspecified atom stereocenters. The molecule has 2 aromatic carbocycles. The second-order valence-electron chi connectivity index (χ2n) is 5.48. The largest absolute Gasteiger partial charge is 0.453 e. The van der Waals surface area contributed by atoms with E-state index in [1.165, 1.54) is 25.3 Å². The summed E-state index contributed by atoms with van der Waals surface area (Å²) in [6.07, 6.45) is -5.40. The minimum atomic E-state index is -4.69. The molecule has 0 aliphatic carbocycles. The van der Waals surface area contributed by atoms with Gasteiger partial charge in [0, 0.05) is 18.0 Å². The Bertz CT molecular complexity index is 1090. The summed E-state index contributed by atoms with van der Waals surface area (Å²) in [6.45, 7) is 0. The molecule has 29 heavy (non-hydrogen) atoms. The number of hydrogen-bond donors (Lipinski definition) is 2. The number of benzene rings is 2. The summed E-state index contributed by atoms with van der Waals surface area (Å²) in [4.78, 5) is 14.7. The van der Waals surface area contributed by atoms with Gasteiger partial charge in [0.25, 0.3) is 0 Å². The molecule has 0 fully saturated rings. The number of nitrogens with one attached hydrogen (secondary N) is 2. The van der Waals surface area contributed by atoms with Crippen molar-refractivity contribution in [1.29, 1.82) is 0 Å². The average molecular weight is 447 g/mol. The van der Waals surface area contributed by atoms with Gasteiger partial charge in [-0.25, -0.2) is 9.79 Å². The SMILES string of the molecule is COC(=O)NC1=Nc2ccc(OS(=O)(=O)c3cccc(C(F)(F)F)c3)cc2NS1. The predicted octanol–water partition coefficient (Wildman–Crippen LogP) is 3.89. The molecule has 0 saturated heterocycles. The summed E-state index contributed by atoms with van der Waals surface area (Å²) < 4.78 is 75.4. The summed E-state index contributed by atoms with van der Waals surface area (Å²) in [5.74, 6) is -0.131. The van der Waals surface area contributed by atoms with Crippen LogP contribution in [0.3, 0.4) is 0 Å². The minimum absolute atomic E-state index is 0.131. The van der Waals surface area contributed by atoms with Crippen LogP contribution in [0.5, 0.6) is 5.75 Å². The number of alkyl halides is 3. The zero-order chi connectivity index (χ0) is 21.2. The number of rotatable bonds is 3. The van der Waals surface area contributed by atoms with Crippen molar-refractivity contribution in [2.75, 3.05) is 11.8 Å². The summed E-state index contributed by atoms with van der Waals surface area (Å²) in [6, 6.07) is 7.25. The predicted molar refractivity (Wildman–Crippen MR) is 99.5 cm³/mol. The van der Waals surface area contributed by atoms with Gasteiger partial charge in [0.2, 0.25) is 0 Å². The van der Waals surface area contributed by atoms with Crippen LogP contribution >= 0.6 is 11.9 Å². The third-order valence-corrected chi connectivity index (χ3v) is 5.45. The molecule has 1 aliphatic heterocycles. The van der Waals surface area contributed by atoms with Crippen molar-refractivity contribution in [3.63, 3.8) is 0 Å². The van der Waals surface area contributed by atoms with E-state index in [4.69, 9.17) is 4.18 Å². The number of nitrogens with zero attached hydrogens (tertiary/aromatic N) is 1. The minimum Gasteiger partial charge on any atom is -0.453 e. The fraction of sp³-hybridized carbons (Fsp3) is 0.125. The zero-order valence-corrected chi connectivity index (χ0v) is 16.1. The lowest BCUT2D eigenvalue weighted by molar-refractivity contribution is -0.137. The van der Waals surface area contributed by atoms with Crippen molar-refractivity contribution in [2.45, 2.75) is 11.1 Å². The quantitative estimate of drug-likeness (QED) is 0.543. The Labute approximate surface area is 167 Å². The number of halogens is 3. The Hall–Kier alpha value is -2.93. The smallest absolute Gasteiger partial charge is 0.416 e. The number of aliphatic imine (C=N–C) groups is 1. The van der Waals surface area contributed by atoms with Crippen molar-refractivity contribution >= 4 is 44.7 Å². The van der Waals surface area contributed by atoms with Crippen molar-refractivity contribution < 1.29 is 35.3 Å². The Kier molecular flexibility index (Phi) is 5.61. The first kappa shape index (κ1) is 20.8. The maximum absolute atomic E-state index is 12.8. The molecule has 0 atom stereocenters. The summed E-state index contributed by atoms with van der Waals surface area (Å²) in [5.41, 5.74) is -0.355. The van der Waals surface area contributed by atoms with Gasteiger partial charge >= 0.3 is 22.4 Å². The summed E-state index contributed by atoms with van der Waals surface area (Å²) in [5, 5.41) is 2.57. The Morgan fingerprint density at radius 3 is 2.66 bits per heavy atom. The van der Waals surface area contributed by atoms with E-state index in [0.717, 1.165) is 30.1 Å². The Morgan fingerprint density at radius 2 is 1.97 bits per heavy atom. The monoisotopic (exact) mass is 447 g/mol. The van der Waals surface area contributed by atoms with Crippen LogP contribution in [0, 0.1) is 0 Å². The van der Waals surface area contributed by atoms with Crippen LogP contribution in [0.4, 0.5) is 29.3 Å². The van der Waals surface area contributed by atoms with E-state index in [1.54, 1.807) is 0 Å². The summed E-state index contributed by atoms with van der Waals surface area (Å²) >= 11 is 0.935. The first-order valence-corrected chi connectivity index (χ1v) is 9.93. The molecular formula is C16H12F3N3O5S2. The summed E-state index contributed by atoms with van der Waals surface area (Å²) in [7, 11) is -3.30. The maximum Gasteiger partial charge on any atom is 0.416 e. The van der Waals surface area contributed by atoms with Crippen molar-refractivity contribution in [3.8, 4) is 5.75 Å². The number of anilines is 1. The second kappa shape index (κ2) is 7.83. The average Bonchev–Trinajstić information content (AvgIpc) is 2.67. The molecule has 0 radical (unpaired) electrons. The number of fused-ring (bicyclic) bond motifs is 1. The molecular weight excluding hydrogens is 435 g/mol. The highest BCUT2D eigenvalue weighted by molar-refractivity contribution is 8.15. The van der Waals surface area contributed by atoms with Crippen LogP contribution in [-0.4, -0.2) is 26.8 Å². The first-order valence-electron chi connectivity index (χ1n) is 7.71. The van der Waals surface area contributed by atoms with Gasteiger partial charge in [0.05, 0.1) is 24.0 Å². The number of amides is 1. The fourth-order valence-electron chi connectivity index (χ4n) is 2.18. The number of amidine groups is 1. The molecule has 13 heteroatoms. The van der Waals surface area contributed by atoms with Gasteiger partial charge in [0.15, 0.2) is 5.17 Å². The van der Waals surface area contributed by atoms with Gasteiger partial charge < -0.3 is 13.6 Å².